The molecule has 0 amide bonds. The molecule has 0 bridgehead atoms. The molecule has 0 aliphatic heterocycles. The zero-order valence-electron chi connectivity index (χ0n) is 9.98. The zero-order valence-corrected chi connectivity index (χ0v) is 9.98. The van der Waals surface area contributed by atoms with E-state index < -0.39 is 0 Å². The van der Waals surface area contributed by atoms with Gasteiger partial charge in [-0.25, -0.2) is 0 Å². The van der Waals surface area contributed by atoms with Crippen LogP contribution < -0.4 is 5.32 Å². The molecule has 1 aliphatic rings. The van der Waals surface area contributed by atoms with E-state index in [0.29, 0.717) is 0 Å². The fourth-order valence-corrected chi connectivity index (χ4v) is 1.67. The number of rotatable bonds is 8. The summed E-state index contributed by atoms with van der Waals surface area (Å²) in [5, 5.41) is 7.51. The van der Waals surface area contributed by atoms with Crippen molar-refractivity contribution in [3.8, 4) is 0 Å². The van der Waals surface area contributed by atoms with Gasteiger partial charge in [0.15, 0.2) is 0 Å². The van der Waals surface area contributed by atoms with Crippen LogP contribution in [0.2, 0.25) is 0 Å². The predicted octanol–water partition coefficient (Wildman–Crippen LogP) is 0.979. The maximum absolute atomic E-state index is 5.54. The van der Waals surface area contributed by atoms with E-state index in [-0.39, 0.29) is 0 Å². The van der Waals surface area contributed by atoms with E-state index in [9.17, 15) is 0 Å². The maximum atomic E-state index is 5.54. The Morgan fingerprint density at radius 2 is 2.38 bits per heavy atom. The van der Waals surface area contributed by atoms with Crippen molar-refractivity contribution in [1.82, 2.24) is 15.1 Å². The Balaban J connectivity index is 1.44. The highest BCUT2D eigenvalue weighted by molar-refractivity contribution is 5.00. The van der Waals surface area contributed by atoms with Gasteiger partial charge in [0.05, 0.1) is 6.61 Å². The summed E-state index contributed by atoms with van der Waals surface area (Å²) in [6, 6.07) is 2.06. The van der Waals surface area contributed by atoms with Gasteiger partial charge in [-0.15, -0.1) is 0 Å². The molecule has 4 heteroatoms. The highest BCUT2D eigenvalue weighted by Crippen LogP contribution is 2.28. The summed E-state index contributed by atoms with van der Waals surface area (Å²) in [5.74, 6) is 0.870. The SMILES string of the molecule is Cn1nccc1CCNCCOCC1CC1. The molecular formula is C12H21N3O. The van der Waals surface area contributed by atoms with Crippen LogP contribution in [-0.4, -0.2) is 36.1 Å². The minimum Gasteiger partial charge on any atom is -0.380 e. The van der Waals surface area contributed by atoms with E-state index in [4.69, 9.17) is 4.74 Å². The number of hydrogen-bond donors (Lipinski definition) is 1. The molecule has 16 heavy (non-hydrogen) atoms. The predicted molar refractivity (Wildman–Crippen MR) is 63.3 cm³/mol. The lowest BCUT2D eigenvalue weighted by molar-refractivity contribution is 0.126. The third-order valence-electron chi connectivity index (χ3n) is 2.95. The Hall–Kier alpha value is -0.870. The molecule has 1 aliphatic carbocycles. The normalized spacial score (nSPS) is 15.6. The highest BCUT2D eigenvalue weighted by Gasteiger charge is 2.20. The third kappa shape index (κ3) is 3.94. The second-order valence-corrected chi connectivity index (χ2v) is 4.46. The van der Waals surface area contributed by atoms with Crippen LogP contribution >= 0.6 is 0 Å². The van der Waals surface area contributed by atoms with E-state index in [1.807, 2.05) is 17.9 Å². The molecule has 1 saturated carbocycles. The first-order valence-electron chi connectivity index (χ1n) is 6.11. The number of nitrogens with one attached hydrogen (secondary N) is 1. The Kier molecular flexibility index (Phi) is 4.36. The van der Waals surface area contributed by atoms with Crippen molar-refractivity contribution in [2.75, 3.05) is 26.3 Å². The van der Waals surface area contributed by atoms with Crippen molar-refractivity contribution in [3.05, 3.63) is 18.0 Å². The van der Waals surface area contributed by atoms with Gasteiger partial charge in [-0.3, -0.25) is 4.68 Å². The van der Waals surface area contributed by atoms with Crippen LogP contribution in [0.25, 0.3) is 0 Å². The summed E-state index contributed by atoms with van der Waals surface area (Å²) in [5.41, 5.74) is 1.27. The van der Waals surface area contributed by atoms with Gasteiger partial charge in [0.1, 0.15) is 0 Å². The molecule has 90 valence electrons. The van der Waals surface area contributed by atoms with Gasteiger partial charge in [-0.2, -0.15) is 5.10 Å². The van der Waals surface area contributed by atoms with Crippen LogP contribution in [0.3, 0.4) is 0 Å². The van der Waals surface area contributed by atoms with Gasteiger partial charge in [-0.1, -0.05) is 0 Å². The van der Waals surface area contributed by atoms with Crippen LogP contribution in [0.4, 0.5) is 0 Å². The van der Waals surface area contributed by atoms with Crippen molar-refractivity contribution in [2.45, 2.75) is 19.3 Å². The number of nitrogens with zero attached hydrogens (tertiary/aromatic N) is 2. The quantitative estimate of drug-likeness (QED) is 0.668. The lowest BCUT2D eigenvalue weighted by atomic mass is 10.3. The molecule has 1 fully saturated rings. The van der Waals surface area contributed by atoms with Crippen molar-refractivity contribution in [2.24, 2.45) is 13.0 Å². The first-order chi connectivity index (χ1) is 7.86. The van der Waals surface area contributed by atoms with Crippen molar-refractivity contribution < 1.29 is 4.74 Å². The Labute approximate surface area is 97.0 Å². The minimum absolute atomic E-state index is 0.835. The summed E-state index contributed by atoms with van der Waals surface area (Å²) >= 11 is 0. The summed E-state index contributed by atoms with van der Waals surface area (Å²) in [7, 11) is 1.98. The van der Waals surface area contributed by atoms with Gasteiger partial charge in [0, 0.05) is 45.1 Å². The summed E-state index contributed by atoms with van der Waals surface area (Å²) in [6.07, 6.45) is 5.61. The molecule has 2 rings (SSSR count). The summed E-state index contributed by atoms with van der Waals surface area (Å²) in [6.45, 7) is 3.74. The zero-order chi connectivity index (χ0) is 11.2. The van der Waals surface area contributed by atoms with E-state index in [2.05, 4.69) is 16.5 Å². The molecule has 1 aromatic heterocycles. The third-order valence-corrected chi connectivity index (χ3v) is 2.95. The van der Waals surface area contributed by atoms with E-state index in [1.165, 1.54) is 18.5 Å². The van der Waals surface area contributed by atoms with Gasteiger partial charge in [0.2, 0.25) is 0 Å². The largest absolute Gasteiger partial charge is 0.380 e. The molecule has 0 atom stereocenters. The topological polar surface area (TPSA) is 39.1 Å². The highest BCUT2D eigenvalue weighted by atomic mass is 16.5. The average molecular weight is 223 g/mol. The maximum Gasteiger partial charge on any atom is 0.0591 e. The van der Waals surface area contributed by atoms with Crippen molar-refractivity contribution in [1.29, 1.82) is 0 Å². The first-order valence-corrected chi connectivity index (χ1v) is 6.11. The fourth-order valence-electron chi connectivity index (χ4n) is 1.67. The van der Waals surface area contributed by atoms with Crippen molar-refractivity contribution in [3.63, 3.8) is 0 Å². The molecule has 0 spiro atoms. The van der Waals surface area contributed by atoms with Crippen LogP contribution in [-0.2, 0) is 18.2 Å². The first kappa shape index (κ1) is 11.6. The Bertz CT molecular complexity index is 307. The van der Waals surface area contributed by atoms with E-state index in [1.54, 1.807) is 0 Å². The standard InChI is InChI=1S/C12H21N3O/c1-15-12(5-7-14-15)4-6-13-8-9-16-10-11-2-3-11/h5,7,11,13H,2-4,6,8-10H2,1H3. The Morgan fingerprint density at radius 1 is 1.50 bits per heavy atom. The van der Waals surface area contributed by atoms with Crippen LogP contribution in [0.5, 0.6) is 0 Å². The second-order valence-electron chi connectivity index (χ2n) is 4.46. The Morgan fingerprint density at radius 3 is 3.06 bits per heavy atom. The van der Waals surface area contributed by atoms with E-state index in [0.717, 1.165) is 38.6 Å². The van der Waals surface area contributed by atoms with Gasteiger partial charge < -0.3 is 10.1 Å². The molecule has 0 aromatic carbocycles. The van der Waals surface area contributed by atoms with Crippen LogP contribution in [0.1, 0.15) is 18.5 Å². The molecule has 1 heterocycles. The molecule has 4 nitrogen and oxygen atoms in total. The number of ether oxygens (including phenoxy) is 1. The summed E-state index contributed by atoms with van der Waals surface area (Å²) < 4.78 is 7.46. The number of aryl methyl sites for hydroxylation is 1. The molecule has 1 aromatic rings. The molecule has 0 unspecified atom stereocenters. The monoisotopic (exact) mass is 223 g/mol. The average Bonchev–Trinajstić information content (AvgIpc) is 3.01. The second kappa shape index (κ2) is 6.01. The van der Waals surface area contributed by atoms with Crippen molar-refractivity contribution >= 4 is 0 Å². The van der Waals surface area contributed by atoms with Crippen LogP contribution in [0, 0.1) is 5.92 Å². The fraction of sp³-hybridized carbons (Fsp3) is 0.750. The molecule has 0 saturated heterocycles. The van der Waals surface area contributed by atoms with Gasteiger partial charge in [-0.05, 0) is 24.8 Å². The van der Waals surface area contributed by atoms with Gasteiger partial charge in [0.25, 0.3) is 0 Å². The molecule has 1 N–H and O–H groups in total. The van der Waals surface area contributed by atoms with E-state index >= 15 is 0 Å². The number of hydrogen-bond acceptors (Lipinski definition) is 3. The smallest absolute Gasteiger partial charge is 0.0591 e. The van der Waals surface area contributed by atoms with Gasteiger partial charge >= 0.3 is 0 Å². The van der Waals surface area contributed by atoms with Crippen LogP contribution in [0.15, 0.2) is 12.3 Å². The lowest BCUT2D eigenvalue weighted by Crippen LogP contribution is -2.23. The lowest BCUT2D eigenvalue weighted by Gasteiger charge is -2.06. The molecule has 0 radical (unpaired) electrons. The minimum atomic E-state index is 0.835. The summed E-state index contributed by atoms with van der Waals surface area (Å²) in [4.78, 5) is 0. The molecular weight excluding hydrogens is 202 g/mol. The number of aromatic nitrogens is 2.